The van der Waals surface area contributed by atoms with E-state index in [0.29, 0.717) is 0 Å². The van der Waals surface area contributed by atoms with Gasteiger partial charge in [0.05, 0.1) is 5.52 Å². The molecule has 0 aliphatic heterocycles. The molecule has 0 aliphatic carbocycles. The van der Waals surface area contributed by atoms with Gasteiger partial charge in [0.2, 0.25) is 0 Å². The van der Waals surface area contributed by atoms with E-state index >= 15 is 0 Å². The lowest BCUT2D eigenvalue weighted by molar-refractivity contribution is 1.12. The molecule has 3 heteroatoms. The summed E-state index contributed by atoms with van der Waals surface area (Å²) in [6.07, 6.45) is 1.99. The van der Waals surface area contributed by atoms with E-state index in [1.54, 1.807) is 0 Å². The van der Waals surface area contributed by atoms with Crippen molar-refractivity contribution in [2.24, 2.45) is 0 Å². The molecule has 1 heterocycles. The van der Waals surface area contributed by atoms with Crippen LogP contribution >= 0.6 is 0 Å². The first kappa shape index (κ1) is 13.6. The molecular weight excluding hydrogens is 258 g/mol. The third-order valence-corrected chi connectivity index (χ3v) is 3.87. The number of hydrogen-bond acceptors (Lipinski definition) is 2. The lowest BCUT2D eigenvalue weighted by Crippen LogP contribution is -2.09. The van der Waals surface area contributed by atoms with Crippen LogP contribution in [0, 0.1) is 6.92 Å². The number of fused-ring (bicyclic) bond motifs is 1. The van der Waals surface area contributed by atoms with E-state index in [4.69, 9.17) is 0 Å². The van der Waals surface area contributed by atoms with Gasteiger partial charge in [-0.1, -0.05) is 18.2 Å². The van der Waals surface area contributed by atoms with Gasteiger partial charge >= 0.3 is 0 Å². The number of nitrogens with zero attached hydrogens (tertiary/aromatic N) is 1. The van der Waals surface area contributed by atoms with Crippen LogP contribution in [0.4, 0.5) is 11.4 Å². The highest BCUT2D eigenvalue weighted by molar-refractivity contribution is 5.82. The van der Waals surface area contributed by atoms with E-state index in [9.17, 15) is 0 Å². The maximum absolute atomic E-state index is 3.54. The van der Waals surface area contributed by atoms with Crippen LogP contribution in [0.3, 0.4) is 0 Å². The Morgan fingerprint density at radius 3 is 2.71 bits per heavy atom. The van der Waals surface area contributed by atoms with E-state index in [1.807, 2.05) is 6.20 Å². The van der Waals surface area contributed by atoms with Gasteiger partial charge in [0.1, 0.15) is 0 Å². The van der Waals surface area contributed by atoms with Gasteiger partial charge in [-0.05, 0) is 47.7 Å². The number of aromatic amines is 1. The monoisotopic (exact) mass is 279 g/mol. The molecule has 0 unspecified atom stereocenters. The van der Waals surface area contributed by atoms with Crippen LogP contribution in [0.1, 0.15) is 11.1 Å². The third-order valence-electron chi connectivity index (χ3n) is 3.87. The fourth-order valence-electron chi connectivity index (χ4n) is 2.61. The zero-order chi connectivity index (χ0) is 14.8. The number of hydrogen-bond donors (Lipinski definition) is 2. The van der Waals surface area contributed by atoms with Crippen molar-refractivity contribution in [2.75, 3.05) is 24.3 Å². The van der Waals surface area contributed by atoms with Gasteiger partial charge in [-0.25, -0.2) is 0 Å². The maximum atomic E-state index is 3.54. The fraction of sp³-hybridized carbons (Fsp3) is 0.222. The lowest BCUT2D eigenvalue weighted by Gasteiger charge is -2.16. The smallest absolute Gasteiger partial charge is 0.0504 e. The second-order valence-electron chi connectivity index (χ2n) is 5.61. The normalized spacial score (nSPS) is 10.8. The number of nitrogens with one attached hydrogen (secondary N) is 2. The minimum Gasteiger partial charge on any atom is -0.381 e. The molecule has 3 rings (SSSR count). The van der Waals surface area contributed by atoms with Crippen molar-refractivity contribution in [2.45, 2.75) is 13.5 Å². The summed E-state index contributed by atoms with van der Waals surface area (Å²) < 4.78 is 0. The summed E-state index contributed by atoms with van der Waals surface area (Å²) >= 11 is 0. The fourth-order valence-corrected chi connectivity index (χ4v) is 2.61. The SMILES string of the molecule is Cc1cc(N(C)C)ccc1NCc1cccc2cc[nH]c12. The van der Waals surface area contributed by atoms with Crippen molar-refractivity contribution in [1.29, 1.82) is 0 Å². The molecular formula is C18H21N3. The third kappa shape index (κ3) is 2.72. The molecule has 0 atom stereocenters. The molecule has 1 aromatic heterocycles. The Labute approximate surface area is 125 Å². The Bertz CT molecular complexity index is 756. The first-order chi connectivity index (χ1) is 10.1. The van der Waals surface area contributed by atoms with Gasteiger partial charge in [0.15, 0.2) is 0 Å². The van der Waals surface area contributed by atoms with E-state index in [1.165, 1.54) is 33.4 Å². The molecule has 0 saturated carbocycles. The van der Waals surface area contributed by atoms with Crippen molar-refractivity contribution in [1.82, 2.24) is 4.98 Å². The van der Waals surface area contributed by atoms with Crippen molar-refractivity contribution >= 4 is 22.3 Å². The van der Waals surface area contributed by atoms with Crippen molar-refractivity contribution < 1.29 is 0 Å². The topological polar surface area (TPSA) is 31.1 Å². The Kier molecular flexibility index (Phi) is 3.57. The second kappa shape index (κ2) is 5.52. The molecule has 3 aromatic rings. The molecule has 0 spiro atoms. The van der Waals surface area contributed by atoms with Crippen molar-refractivity contribution in [3.63, 3.8) is 0 Å². The highest BCUT2D eigenvalue weighted by Crippen LogP contribution is 2.23. The molecule has 3 nitrogen and oxygen atoms in total. The number of benzene rings is 2. The minimum absolute atomic E-state index is 0.819. The van der Waals surface area contributed by atoms with E-state index in [2.05, 4.69) is 78.7 Å². The first-order valence-electron chi connectivity index (χ1n) is 7.22. The Balaban J connectivity index is 1.80. The lowest BCUT2D eigenvalue weighted by atomic mass is 10.1. The zero-order valence-corrected chi connectivity index (χ0v) is 12.8. The Morgan fingerprint density at radius 1 is 1.10 bits per heavy atom. The average molecular weight is 279 g/mol. The van der Waals surface area contributed by atoms with Crippen LogP contribution < -0.4 is 10.2 Å². The van der Waals surface area contributed by atoms with E-state index in [-0.39, 0.29) is 0 Å². The van der Waals surface area contributed by atoms with Crippen LogP contribution in [0.5, 0.6) is 0 Å². The Morgan fingerprint density at radius 2 is 1.95 bits per heavy atom. The summed E-state index contributed by atoms with van der Waals surface area (Å²) in [4.78, 5) is 5.44. The number of para-hydroxylation sites is 1. The van der Waals surface area contributed by atoms with Gasteiger partial charge < -0.3 is 15.2 Å². The number of rotatable bonds is 4. The predicted molar refractivity (Wildman–Crippen MR) is 91.1 cm³/mol. The van der Waals surface area contributed by atoms with Crippen LogP contribution in [-0.2, 0) is 6.54 Å². The van der Waals surface area contributed by atoms with E-state index in [0.717, 1.165) is 6.54 Å². The minimum atomic E-state index is 0.819. The van der Waals surface area contributed by atoms with Crippen LogP contribution in [0.25, 0.3) is 10.9 Å². The summed E-state index contributed by atoms with van der Waals surface area (Å²) in [5.74, 6) is 0. The summed E-state index contributed by atoms with van der Waals surface area (Å²) in [6, 6.07) is 15.0. The average Bonchev–Trinajstić information content (AvgIpc) is 2.94. The molecule has 21 heavy (non-hydrogen) atoms. The highest BCUT2D eigenvalue weighted by atomic mass is 15.1. The van der Waals surface area contributed by atoms with Gasteiger partial charge in [-0.15, -0.1) is 0 Å². The number of aryl methyl sites for hydroxylation is 1. The van der Waals surface area contributed by atoms with E-state index < -0.39 is 0 Å². The number of aromatic nitrogens is 1. The van der Waals surface area contributed by atoms with Crippen LogP contribution in [0.2, 0.25) is 0 Å². The molecule has 0 bridgehead atoms. The van der Waals surface area contributed by atoms with Crippen LogP contribution in [-0.4, -0.2) is 19.1 Å². The molecule has 0 saturated heterocycles. The summed E-state index contributed by atoms with van der Waals surface area (Å²) in [5.41, 5.74) is 6.18. The molecule has 108 valence electrons. The van der Waals surface area contributed by atoms with Crippen molar-refractivity contribution in [3.8, 4) is 0 Å². The summed E-state index contributed by atoms with van der Waals surface area (Å²) in [7, 11) is 4.13. The van der Waals surface area contributed by atoms with Gasteiger partial charge in [-0.2, -0.15) is 0 Å². The highest BCUT2D eigenvalue weighted by Gasteiger charge is 2.04. The second-order valence-corrected chi connectivity index (χ2v) is 5.61. The van der Waals surface area contributed by atoms with Crippen LogP contribution in [0.15, 0.2) is 48.7 Å². The largest absolute Gasteiger partial charge is 0.381 e. The standard InChI is InChI=1S/C18H21N3/c1-13-11-16(21(2)3)7-8-17(13)20-12-15-6-4-5-14-9-10-19-18(14)15/h4-11,19-20H,12H2,1-3H3. The molecule has 0 aliphatic rings. The quantitative estimate of drug-likeness (QED) is 0.751. The van der Waals surface area contributed by atoms with Crippen molar-refractivity contribution in [3.05, 3.63) is 59.8 Å². The first-order valence-corrected chi connectivity index (χ1v) is 7.22. The summed E-state index contributed by atoms with van der Waals surface area (Å²) in [6.45, 7) is 2.96. The molecule has 2 N–H and O–H groups in total. The van der Waals surface area contributed by atoms with Gasteiger partial charge in [0, 0.05) is 38.2 Å². The molecule has 0 amide bonds. The molecule has 2 aromatic carbocycles. The number of anilines is 2. The van der Waals surface area contributed by atoms with Gasteiger partial charge in [0.25, 0.3) is 0 Å². The Hall–Kier alpha value is -2.42. The maximum Gasteiger partial charge on any atom is 0.0504 e. The molecule has 0 radical (unpaired) electrons. The zero-order valence-electron chi connectivity index (χ0n) is 12.8. The predicted octanol–water partition coefficient (Wildman–Crippen LogP) is 4.15. The van der Waals surface area contributed by atoms with Gasteiger partial charge in [-0.3, -0.25) is 0 Å². The molecule has 0 fully saturated rings. The summed E-state index contributed by atoms with van der Waals surface area (Å²) in [5, 5.41) is 4.80. The number of H-pyrrole nitrogens is 1.